The van der Waals surface area contributed by atoms with Gasteiger partial charge in [0.25, 0.3) is 0 Å². The first kappa shape index (κ1) is 13.4. The minimum Gasteiger partial charge on any atom is -0.487 e. The van der Waals surface area contributed by atoms with Crippen LogP contribution in [0.2, 0.25) is 0 Å². The van der Waals surface area contributed by atoms with Gasteiger partial charge in [0.05, 0.1) is 0 Å². The summed E-state index contributed by atoms with van der Waals surface area (Å²) in [6, 6.07) is 8.20. The largest absolute Gasteiger partial charge is 0.487 e. The summed E-state index contributed by atoms with van der Waals surface area (Å²) >= 11 is 3.39. The molecule has 2 atom stereocenters. The summed E-state index contributed by atoms with van der Waals surface area (Å²) in [5, 5.41) is 12.5. The van der Waals surface area contributed by atoms with E-state index in [4.69, 9.17) is 4.74 Å². The SMILES string of the molecule is CNC1CCCCC1Oc1cccc(Br)c1C#N. The molecule has 1 saturated carbocycles. The number of nitrogens with one attached hydrogen (secondary N) is 1. The molecule has 0 heterocycles. The van der Waals surface area contributed by atoms with E-state index in [-0.39, 0.29) is 6.10 Å². The van der Waals surface area contributed by atoms with Crippen LogP contribution in [0.1, 0.15) is 31.2 Å². The maximum absolute atomic E-state index is 9.18. The minimum atomic E-state index is 0.158. The van der Waals surface area contributed by atoms with Crippen molar-refractivity contribution in [3.05, 3.63) is 28.2 Å². The maximum atomic E-state index is 9.18. The Balaban J connectivity index is 2.18. The summed E-state index contributed by atoms with van der Waals surface area (Å²) in [4.78, 5) is 0. The minimum absolute atomic E-state index is 0.158. The highest BCUT2D eigenvalue weighted by molar-refractivity contribution is 9.10. The number of nitrogens with zero attached hydrogens (tertiary/aromatic N) is 1. The van der Waals surface area contributed by atoms with Crippen molar-refractivity contribution in [3.8, 4) is 11.8 Å². The summed E-state index contributed by atoms with van der Waals surface area (Å²) in [5.41, 5.74) is 0.581. The van der Waals surface area contributed by atoms with E-state index in [0.717, 1.165) is 17.3 Å². The van der Waals surface area contributed by atoms with Crippen molar-refractivity contribution in [1.82, 2.24) is 5.32 Å². The zero-order valence-corrected chi connectivity index (χ0v) is 12.0. The molecule has 1 aromatic rings. The molecule has 1 aliphatic carbocycles. The van der Waals surface area contributed by atoms with E-state index < -0.39 is 0 Å². The molecule has 0 aliphatic heterocycles. The number of hydrogen-bond donors (Lipinski definition) is 1. The molecule has 0 radical (unpaired) electrons. The van der Waals surface area contributed by atoms with Crippen molar-refractivity contribution in [2.75, 3.05) is 7.05 Å². The van der Waals surface area contributed by atoms with Crippen molar-refractivity contribution in [2.45, 2.75) is 37.8 Å². The van der Waals surface area contributed by atoms with Crippen molar-refractivity contribution in [3.63, 3.8) is 0 Å². The standard InChI is InChI=1S/C14H17BrN2O/c1-17-12-6-2-3-7-14(12)18-13-8-4-5-11(15)10(13)9-16/h4-5,8,12,14,17H,2-3,6-7H2,1H3. The molecule has 0 bridgehead atoms. The lowest BCUT2D eigenvalue weighted by molar-refractivity contribution is 0.117. The van der Waals surface area contributed by atoms with Crippen LogP contribution >= 0.6 is 15.9 Å². The molecule has 1 N–H and O–H groups in total. The van der Waals surface area contributed by atoms with Gasteiger partial charge in [-0.1, -0.05) is 12.5 Å². The second-order valence-electron chi connectivity index (χ2n) is 4.56. The van der Waals surface area contributed by atoms with Gasteiger partial charge in [-0.25, -0.2) is 0 Å². The molecule has 3 nitrogen and oxygen atoms in total. The Morgan fingerprint density at radius 2 is 2.17 bits per heavy atom. The summed E-state index contributed by atoms with van der Waals surface area (Å²) in [6.07, 6.45) is 4.78. The van der Waals surface area contributed by atoms with Gasteiger partial charge in [-0.05, 0) is 54.4 Å². The van der Waals surface area contributed by atoms with Gasteiger partial charge >= 0.3 is 0 Å². The molecule has 18 heavy (non-hydrogen) atoms. The molecule has 0 amide bonds. The molecule has 96 valence electrons. The van der Waals surface area contributed by atoms with Crippen LogP contribution in [0.15, 0.2) is 22.7 Å². The second-order valence-corrected chi connectivity index (χ2v) is 5.42. The molecular formula is C14H17BrN2O. The Morgan fingerprint density at radius 1 is 1.39 bits per heavy atom. The first-order valence-electron chi connectivity index (χ1n) is 6.28. The van der Waals surface area contributed by atoms with Crippen molar-refractivity contribution in [1.29, 1.82) is 5.26 Å². The van der Waals surface area contributed by atoms with E-state index in [1.165, 1.54) is 12.8 Å². The average molecular weight is 309 g/mol. The van der Waals surface area contributed by atoms with E-state index in [9.17, 15) is 5.26 Å². The molecule has 0 aromatic heterocycles. The van der Waals surface area contributed by atoms with Gasteiger partial charge < -0.3 is 10.1 Å². The third kappa shape index (κ3) is 2.85. The molecule has 0 saturated heterocycles. The van der Waals surface area contributed by atoms with E-state index in [1.54, 1.807) is 0 Å². The number of rotatable bonds is 3. The first-order chi connectivity index (χ1) is 8.76. The van der Waals surface area contributed by atoms with Crippen LogP contribution in [0.4, 0.5) is 0 Å². The molecule has 0 spiro atoms. The molecule has 2 rings (SSSR count). The van der Waals surface area contributed by atoms with E-state index in [1.807, 2.05) is 25.2 Å². The first-order valence-corrected chi connectivity index (χ1v) is 7.08. The van der Waals surface area contributed by atoms with Crippen LogP contribution in [0.5, 0.6) is 5.75 Å². The number of ether oxygens (including phenoxy) is 1. The highest BCUT2D eigenvalue weighted by atomic mass is 79.9. The van der Waals surface area contributed by atoms with Gasteiger partial charge in [-0.15, -0.1) is 0 Å². The van der Waals surface area contributed by atoms with Crippen LogP contribution < -0.4 is 10.1 Å². The number of hydrogen-bond acceptors (Lipinski definition) is 3. The van der Waals surface area contributed by atoms with Crippen LogP contribution in [-0.4, -0.2) is 19.2 Å². The van der Waals surface area contributed by atoms with E-state index >= 15 is 0 Å². The number of likely N-dealkylation sites (N-methyl/N-ethyl adjacent to an activating group) is 1. The fourth-order valence-electron chi connectivity index (χ4n) is 2.44. The highest BCUT2D eigenvalue weighted by Gasteiger charge is 2.26. The van der Waals surface area contributed by atoms with Crippen molar-refractivity contribution < 1.29 is 4.74 Å². The smallest absolute Gasteiger partial charge is 0.138 e. The van der Waals surface area contributed by atoms with Gasteiger partial charge in [-0.3, -0.25) is 0 Å². The van der Waals surface area contributed by atoms with Crippen molar-refractivity contribution >= 4 is 15.9 Å². The Kier molecular flexibility index (Phi) is 4.62. The number of nitriles is 1. The van der Waals surface area contributed by atoms with Gasteiger partial charge in [0.15, 0.2) is 0 Å². The molecular weight excluding hydrogens is 292 g/mol. The number of halogens is 1. The highest BCUT2D eigenvalue weighted by Crippen LogP contribution is 2.29. The monoisotopic (exact) mass is 308 g/mol. The predicted molar refractivity (Wildman–Crippen MR) is 74.6 cm³/mol. The molecule has 1 fully saturated rings. The molecule has 4 heteroatoms. The van der Waals surface area contributed by atoms with Crippen LogP contribution in [-0.2, 0) is 0 Å². The van der Waals surface area contributed by atoms with Gasteiger partial charge in [0, 0.05) is 10.5 Å². The fraction of sp³-hybridized carbons (Fsp3) is 0.500. The third-order valence-corrected chi connectivity index (χ3v) is 4.10. The topological polar surface area (TPSA) is 45.0 Å². The van der Waals surface area contributed by atoms with Gasteiger partial charge in [-0.2, -0.15) is 5.26 Å². The van der Waals surface area contributed by atoms with Crippen LogP contribution in [0.3, 0.4) is 0 Å². The van der Waals surface area contributed by atoms with Gasteiger partial charge in [0.1, 0.15) is 23.5 Å². The Morgan fingerprint density at radius 3 is 2.89 bits per heavy atom. The lowest BCUT2D eigenvalue weighted by atomic mass is 9.92. The third-order valence-electron chi connectivity index (χ3n) is 3.44. The molecule has 1 aromatic carbocycles. The Labute approximate surface area is 116 Å². The Bertz CT molecular complexity index is 456. The average Bonchev–Trinajstić information content (AvgIpc) is 2.40. The summed E-state index contributed by atoms with van der Waals surface area (Å²) in [5.74, 6) is 0.680. The normalized spacial score (nSPS) is 23.4. The fourth-order valence-corrected chi connectivity index (χ4v) is 2.88. The van der Waals surface area contributed by atoms with Gasteiger partial charge in [0.2, 0.25) is 0 Å². The lowest BCUT2D eigenvalue weighted by Gasteiger charge is -2.31. The van der Waals surface area contributed by atoms with Crippen molar-refractivity contribution in [2.24, 2.45) is 0 Å². The van der Waals surface area contributed by atoms with Crippen LogP contribution in [0.25, 0.3) is 0 Å². The summed E-state index contributed by atoms with van der Waals surface area (Å²) in [6.45, 7) is 0. The predicted octanol–water partition coefficient (Wildman–Crippen LogP) is 3.23. The Hall–Kier alpha value is -1.05. The van der Waals surface area contributed by atoms with E-state index in [0.29, 0.717) is 17.4 Å². The number of benzene rings is 1. The summed E-state index contributed by atoms with van der Waals surface area (Å²) < 4.78 is 6.84. The summed E-state index contributed by atoms with van der Waals surface area (Å²) in [7, 11) is 1.97. The zero-order chi connectivity index (χ0) is 13.0. The van der Waals surface area contributed by atoms with E-state index in [2.05, 4.69) is 27.3 Å². The molecule has 2 unspecified atom stereocenters. The molecule has 1 aliphatic rings. The quantitative estimate of drug-likeness (QED) is 0.932. The maximum Gasteiger partial charge on any atom is 0.138 e. The zero-order valence-electron chi connectivity index (χ0n) is 10.4. The lowest BCUT2D eigenvalue weighted by Crippen LogP contribution is -2.43. The van der Waals surface area contributed by atoms with Crippen LogP contribution in [0, 0.1) is 11.3 Å². The second kappa shape index (κ2) is 6.21.